The Bertz CT molecular complexity index is 1700. The lowest BCUT2D eigenvalue weighted by Crippen LogP contribution is -2.57. The summed E-state index contributed by atoms with van der Waals surface area (Å²) in [7, 11) is 0. The second-order valence-electron chi connectivity index (χ2n) is 12.5. The summed E-state index contributed by atoms with van der Waals surface area (Å²) < 4.78 is 10.5. The van der Waals surface area contributed by atoms with Gasteiger partial charge in [0.1, 0.15) is 18.7 Å². The monoisotopic (exact) mass is 682 g/mol. The molecular formula is C39H46N4O7. The Kier molecular flexibility index (Phi) is 14.3. The molecule has 0 saturated heterocycles. The minimum atomic E-state index is -1.21. The number of alkyl carbamates (subject to hydrolysis) is 1. The highest BCUT2D eigenvalue weighted by Crippen LogP contribution is 2.20. The van der Waals surface area contributed by atoms with Crippen LogP contribution in [0.25, 0.3) is 10.8 Å². The highest BCUT2D eigenvalue weighted by Gasteiger charge is 2.32. The summed E-state index contributed by atoms with van der Waals surface area (Å²) in [6.07, 6.45) is 1.46. The Balaban J connectivity index is 1.59. The Morgan fingerprint density at radius 2 is 1.44 bits per heavy atom. The third-order valence-corrected chi connectivity index (χ3v) is 8.12. The number of hydrogen-bond acceptors (Lipinski definition) is 8. The van der Waals surface area contributed by atoms with Gasteiger partial charge in [-0.05, 0) is 52.8 Å². The van der Waals surface area contributed by atoms with E-state index in [2.05, 4.69) is 20.9 Å². The van der Waals surface area contributed by atoms with Gasteiger partial charge >= 0.3 is 12.1 Å². The molecule has 4 rings (SSSR count). The number of ether oxygens (including phenoxy) is 2. The van der Waals surface area contributed by atoms with Crippen LogP contribution in [0.4, 0.5) is 4.79 Å². The molecule has 50 heavy (non-hydrogen) atoms. The first-order valence-electron chi connectivity index (χ1n) is 16.9. The average Bonchev–Trinajstić information content (AvgIpc) is 3.10. The molecular weight excluding hydrogens is 636 g/mol. The molecule has 0 aliphatic carbocycles. The molecule has 0 spiro atoms. The first-order chi connectivity index (χ1) is 24.1. The fourth-order valence-electron chi connectivity index (χ4n) is 5.68. The topological polar surface area (TPSA) is 156 Å². The van der Waals surface area contributed by atoms with Gasteiger partial charge in [-0.3, -0.25) is 19.4 Å². The van der Waals surface area contributed by atoms with Crippen molar-refractivity contribution in [2.24, 2.45) is 5.92 Å². The van der Waals surface area contributed by atoms with E-state index in [0.717, 1.165) is 21.9 Å². The van der Waals surface area contributed by atoms with E-state index in [0.29, 0.717) is 12.0 Å². The van der Waals surface area contributed by atoms with Gasteiger partial charge in [0.15, 0.2) is 0 Å². The van der Waals surface area contributed by atoms with Crippen molar-refractivity contribution in [2.45, 2.75) is 77.3 Å². The minimum absolute atomic E-state index is 0.00663. The number of aliphatic hydroxyl groups excluding tert-OH is 1. The lowest BCUT2D eigenvalue weighted by Gasteiger charge is -2.29. The van der Waals surface area contributed by atoms with Crippen LogP contribution in [0.5, 0.6) is 0 Å². The molecule has 1 heterocycles. The van der Waals surface area contributed by atoms with Crippen molar-refractivity contribution in [3.05, 3.63) is 114 Å². The molecule has 0 aliphatic heterocycles. The highest BCUT2D eigenvalue weighted by molar-refractivity contribution is 5.93. The van der Waals surface area contributed by atoms with Crippen LogP contribution in [0, 0.1) is 5.92 Å². The fourth-order valence-corrected chi connectivity index (χ4v) is 5.68. The number of nitrogens with zero attached hydrogens (tertiary/aromatic N) is 1. The summed E-state index contributed by atoms with van der Waals surface area (Å²) in [4.78, 5) is 57.5. The maximum absolute atomic E-state index is 14.1. The van der Waals surface area contributed by atoms with Crippen LogP contribution >= 0.6 is 0 Å². The Morgan fingerprint density at radius 1 is 0.760 bits per heavy atom. The third kappa shape index (κ3) is 11.7. The second kappa shape index (κ2) is 19.0. The van der Waals surface area contributed by atoms with Gasteiger partial charge in [-0.1, -0.05) is 92.7 Å². The lowest BCUT2D eigenvalue weighted by molar-refractivity contribution is -0.146. The second-order valence-corrected chi connectivity index (χ2v) is 12.5. The number of nitrogens with one attached hydrogen (secondary N) is 3. The van der Waals surface area contributed by atoms with Crippen molar-refractivity contribution >= 4 is 34.6 Å². The minimum Gasteiger partial charge on any atom is -0.466 e. The molecule has 0 radical (unpaired) electrons. The number of hydrogen-bond donors (Lipinski definition) is 4. The molecule has 0 bridgehead atoms. The zero-order chi connectivity index (χ0) is 35.9. The van der Waals surface area contributed by atoms with Crippen molar-refractivity contribution in [3.8, 4) is 0 Å². The number of aromatic nitrogens is 1. The fraction of sp³-hybridized carbons (Fsp3) is 0.359. The predicted octanol–water partition coefficient (Wildman–Crippen LogP) is 4.64. The highest BCUT2D eigenvalue weighted by atomic mass is 16.5. The average molecular weight is 683 g/mol. The van der Waals surface area contributed by atoms with Gasteiger partial charge in [0.2, 0.25) is 11.8 Å². The molecule has 3 aromatic carbocycles. The van der Waals surface area contributed by atoms with Gasteiger partial charge in [0.25, 0.3) is 0 Å². The molecule has 0 saturated carbocycles. The van der Waals surface area contributed by atoms with E-state index in [1.807, 2.05) is 86.6 Å². The van der Waals surface area contributed by atoms with E-state index in [9.17, 15) is 24.3 Å². The number of pyridine rings is 1. The molecule has 2 unspecified atom stereocenters. The molecule has 3 amide bonds. The number of benzene rings is 3. The molecule has 4 N–H and O–H groups in total. The van der Waals surface area contributed by atoms with Crippen LogP contribution in [-0.4, -0.2) is 64.8 Å². The quantitative estimate of drug-likeness (QED) is 0.117. The maximum Gasteiger partial charge on any atom is 0.408 e. The normalized spacial score (nSPS) is 13.5. The molecule has 4 atom stereocenters. The zero-order valence-corrected chi connectivity index (χ0v) is 28.7. The van der Waals surface area contributed by atoms with E-state index >= 15 is 0 Å². The summed E-state index contributed by atoms with van der Waals surface area (Å²) in [6.45, 7) is 5.72. The molecule has 0 fully saturated rings. The molecule has 264 valence electrons. The summed E-state index contributed by atoms with van der Waals surface area (Å²) >= 11 is 0. The van der Waals surface area contributed by atoms with Gasteiger partial charge in [-0.25, -0.2) is 4.79 Å². The number of fused-ring (bicyclic) bond motifs is 1. The van der Waals surface area contributed by atoms with Gasteiger partial charge in [0.05, 0.1) is 25.2 Å². The molecule has 0 aliphatic rings. The van der Waals surface area contributed by atoms with Crippen LogP contribution in [-0.2, 0) is 43.3 Å². The van der Waals surface area contributed by atoms with Crippen LogP contribution in [0.15, 0.2) is 97.3 Å². The van der Waals surface area contributed by atoms with Gasteiger partial charge < -0.3 is 30.5 Å². The molecule has 1 aromatic heterocycles. The summed E-state index contributed by atoms with van der Waals surface area (Å²) in [5, 5.41) is 21.3. The van der Waals surface area contributed by atoms with E-state index in [1.54, 1.807) is 31.5 Å². The van der Waals surface area contributed by atoms with Crippen LogP contribution in [0.2, 0.25) is 0 Å². The van der Waals surface area contributed by atoms with Crippen molar-refractivity contribution in [1.29, 1.82) is 0 Å². The molecule has 11 nitrogen and oxygen atoms in total. The largest absolute Gasteiger partial charge is 0.466 e. The van der Waals surface area contributed by atoms with Gasteiger partial charge in [-0.2, -0.15) is 0 Å². The van der Waals surface area contributed by atoms with E-state index < -0.39 is 48.1 Å². The summed E-state index contributed by atoms with van der Waals surface area (Å²) in [6, 6.07) is 23.1. The Labute approximate surface area is 292 Å². The number of esters is 1. The predicted molar refractivity (Wildman–Crippen MR) is 190 cm³/mol. The number of rotatable bonds is 17. The van der Waals surface area contributed by atoms with E-state index in [4.69, 9.17) is 9.47 Å². The van der Waals surface area contributed by atoms with Crippen LogP contribution in [0.3, 0.4) is 0 Å². The lowest BCUT2D eigenvalue weighted by atomic mass is 9.96. The Hall–Kier alpha value is -5.29. The Morgan fingerprint density at radius 3 is 2.16 bits per heavy atom. The number of carbonyl (C=O) groups excluding carboxylic acids is 4. The smallest absolute Gasteiger partial charge is 0.408 e. The zero-order valence-electron chi connectivity index (χ0n) is 28.7. The number of aliphatic hydroxyl groups is 1. The van der Waals surface area contributed by atoms with Crippen molar-refractivity contribution in [3.63, 3.8) is 0 Å². The van der Waals surface area contributed by atoms with E-state index in [-0.39, 0.29) is 38.4 Å². The van der Waals surface area contributed by atoms with Gasteiger partial charge in [-0.15, -0.1) is 0 Å². The van der Waals surface area contributed by atoms with Crippen LogP contribution in [0.1, 0.15) is 50.3 Å². The SMILES string of the molecule is CCOC(=O)CC(O)C(CC(C)C)NC(=O)[C@H](Cc1cccnc1)NC(=O)[C@H](Cc1cccc2ccccc12)NC(=O)OCc1ccccc1. The third-order valence-electron chi connectivity index (χ3n) is 8.12. The van der Waals surface area contributed by atoms with Crippen molar-refractivity contribution in [1.82, 2.24) is 20.9 Å². The summed E-state index contributed by atoms with van der Waals surface area (Å²) in [5.41, 5.74) is 2.28. The first-order valence-corrected chi connectivity index (χ1v) is 16.9. The van der Waals surface area contributed by atoms with Crippen LogP contribution < -0.4 is 16.0 Å². The summed E-state index contributed by atoms with van der Waals surface area (Å²) in [5.74, 6) is -1.68. The van der Waals surface area contributed by atoms with Crippen molar-refractivity contribution < 1.29 is 33.8 Å². The maximum atomic E-state index is 14.1. The van der Waals surface area contributed by atoms with Gasteiger partial charge in [0, 0.05) is 25.2 Å². The van der Waals surface area contributed by atoms with Crippen molar-refractivity contribution in [2.75, 3.05) is 6.61 Å². The van der Waals surface area contributed by atoms with E-state index in [1.165, 1.54) is 0 Å². The molecule has 4 aromatic rings. The number of carbonyl (C=O) groups is 4. The number of amides is 3. The molecule has 11 heteroatoms. The standard InChI is InChI=1S/C39H46N4O7/c1-4-49-36(45)23-35(44)32(20-26(2)3)41-37(46)33(21-28-14-11-19-40-24-28)42-38(47)34(43-39(48)50-25-27-12-6-5-7-13-27)22-30-17-10-16-29-15-8-9-18-31(29)30/h5-19,24,26,32-35,44H,4,20-23,25H2,1-3H3,(H,41,46)(H,42,47)(H,43,48)/t32?,33-,34-,35?/m0/s1. The first kappa shape index (κ1) is 37.5.